The average molecular weight is 411 g/mol. The van der Waals surface area contributed by atoms with Crippen LogP contribution in [0.5, 0.6) is 0 Å². The Kier molecular flexibility index (Phi) is 8.91. The summed E-state index contributed by atoms with van der Waals surface area (Å²) in [6, 6.07) is 23.8. The Morgan fingerprint density at radius 2 is 1.45 bits per heavy atom. The largest absolute Gasteiger partial charge is 0.326 e. The number of nitrogens with one attached hydrogen (secondary N) is 1. The molecule has 0 aromatic heterocycles. The zero-order chi connectivity index (χ0) is 20.3. The molecule has 0 bridgehead atoms. The van der Waals surface area contributed by atoms with E-state index in [0.29, 0.717) is 13.0 Å². The topological polar surface area (TPSA) is 58.6 Å². The predicted octanol–water partition coefficient (Wildman–Crippen LogP) is 5.28. The first-order valence-electron chi connectivity index (χ1n) is 10.3. The molecule has 0 saturated heterocycles. The Morgan fingerprint density at radius 3 is 2.21 bits per heavy atom. The van der Waals surface area contributed by atoms with Crippen molar-refractivity contribution in [1.29, 1.82) is 0 Å². The van der Waals surface area contributed by atoms with Gasteiger partial charge in [-0.15, -0.1) is 0 Å². The Balaban J connectivity index is 1.53. The third kappa shape index (κ3) is 7.09. The molecule has 3 aromatic rings. The molecule has 1 unspecified atom stereocenters. The van der Waals surface area contributed by atoms with E-state index in [1.807, 2.05) is 0 Å². The Bertz CT molecular complexity index is 914. The number of unbranched alkanes of at least 4 members (excludes halogenated alkanes) is 1. The molecule has 29 heavy (non-hydrogen) atoms. The van der Waals surface area contributed by atoms with E-state index < -0.39 is 8.25 Å². The Hall–Kier alpha value is -1.97. The molecule has 0 radical (unpaired) electrons. The minimum atomic E-state index is -2.81. The van der Waals surface area contributed by atoms with Crippen LogP contribution in [0.3, 0.4) is 0 Å². The highest BCUT2D eigenvalue weighted by Crippen LogP contribution is 2.24. The van der Waals surface area contributed by atoms with Gasteiger partial charge in [-0.05, 0) is 66.1 Å². The lowest BCUT2D eigenvalue weighted by Gasteiger charge is -2.12. The fourth-order valence-electron chi connectivity index (χ4n) is 3.67. The summed E-state index contributed by atoms with van der Waals surface area (Å²) < 4.78 is 15.3. The molecule has 0 amide bonds. The molecular formula is C24H30NO3P. The summed E-state index contributed by atoms with van der Waals surface area (Å²) in [5.74, 6) is 0. The van der Waals surface area contributed by atoms with Crippen LogP contribution < -0.4 is 5.32 Å². The quantitative estimate of drug-likeness (QED) is 0.314. The molecule has 1 atom stereocenters. The van der Waals surface area contributed by atoms with Crippen molar-refractivity contribution in [3.05, 3.63) is 83.4 Å². The second-order valence-electron chi connectivity index (χ2n) is 7.27. The lowest BCUT2D eigenvalue weighted by molar-refractivity contribution is 0.276. The van der Waals surface area contributed by atoms with E-state index in [1.54, 1.807) is 0 Å². The van der Waals surface area contributed by atoms with Crippen molar-refractivity contribution in [2.45, 2.75) is 38.6 Å². The zero-order valence-electron chi connectivity index (χ0n) is 16.8. The molecule has 0 spiro atoms. The van der Waals surface area contributed by atoms with Crippen molar-refractivity contribution in [2.75, 3.05) is 13.2 Å². The predicted molar refractivity (Wildman–Crippen MR) is 121 cm³/mol. The lowest BCUT2D eigenvalue weighted by atomic mass is 9.95. The molecule has 2 N–H and O–H groups in total. The van der Waals surface area contributed by atoms with Crippen molar-refractivity contribution >= 4 is 19.0 Å². The number of fused-ring (bicyclic) bond motifs is 1. The number of aryl methyl sites for hydroxylation is 2. The summed E-state index contributed by atoms with van der Waals surface area (Å²) in [7, 11) is -2.81. The summed E-state index contributed by atoms with van der Waals surface area (Å²) in [6.45, 7) is 1.85. The maximum absolute atomic E-state index is 10.5. The number of hydrogen-bond acceptors (Lipinski definition) is 3. The smallest absolute Gasteiger partial charge is 0.316 e. The van der Waals surface area contributed by atoms with Crippen molar-refractivity contribution in [2.24, 2.45) is 0 Å². The third-order valence-corrected chi connectivity index (χ3v) is 5.60. The molecule has 154 valence electrons. The second kappa shape index (κ2) is 11.9. The first-order valence-corrected chi connectivity index (χ1v) is 11.6. The van der Waals surface area contributed by atoms with E-state index in [0.717, 1.165) is 25.9 Å². The minimum Gasteiger partial charge on any atom is -0.326 e. The fraction of sp³-hybridized carbons (Fsp3) is 0.333. The molecule has 4 nitrogen and oxygen atoms in total. The molecule has 5 heteroatoms. The van der Waals surface area contributed by atoms with Gasteiger partial charge in [-0.2, -0.15) is 0 Å². The van der Waals surface area contributed by atoms with Crippen molar-refractivity contribution < 1.29 is 14.0 Å². The summed E-state index contributed by atoms with van der Waals surface area (Å²) in [5, 5.41) is 6.05. The van der Waals surface area contributed by atoms with Gasteiger partial charge >= 0.3 is 8.25 Å². The minimum absolute atomic E-state index is 0.309. The molecule has 0 saturated carbocycles. The molecular weight excluding hydrogens is 381 g/mol. The molecule has 0 fully saturated rings. The van der Waals surface area contributed by atoms with Gasteiger partial charge in [0.2, 0.25) is 0 Å². The van der Waals surface area contributed by atoms with Crippen molar-refractivity contribution in [1.82, 2.24) is 5.32 Å². The first kappa shape index (κ1) is 21.7. The van der Waals surface area contributed by atoms with Crippen molar-refractivity contribution in [3.8, 4) is 0 Å². The molecule has 3 aromatic carbocycles. The van der Waals surface area contributed by atoms with Gasteiger partial charge in [-0.1, -0.05) is 66.7 Å². The summed E-state index contributed by atoms with van der Waals surface area (Å²) in [6.07, 6.45) is 5.33. The molecule has 0 aliphatic carbocycles. The molecule has 0 aliphatic heterocycles. The maximum atomic E-state index is 10.5. The third-order valence-electron chi connectivity index (χ3n) is 5.15. The van der Waals surface area contributed by atoms with Crippen molar-refractivity contribution in [3.63, 3.8) is 0 Å². The average Bonchev–Trinajstić information content (AvgIpc) is 2.75. The fourth-order valence-corrected chi connectivity index (χ4v) is 3.98. The zero-order valence-corrected chi connectivity index (χ0v) is 17.8. The highest BCUT2D eigenvalue weighted by atomic mass is 31.1. The highest BCUT2D eigenvalue weighted by Gasteiger charge is 2.06. The van der Waals surface area contributed by atoms with Crippen LogP contribution in [0.25, 0.3) is 10.8 Å². The van der Waals surface area contributed by atoms with Crippen LogP contribution in [0.15, 0.2) is 66.7 Å². The van der Waals surface area contributed by atoms with E-state index in [4.69, 9.17) is 9.42 Å². The summed E-state index contributed by atoms with van der Waals surface area (Å²) in [4.78, 5) is 8.67. The molecule has 0 aliphatic rings. The van der Waals surface area contributed by atoms with E-state index in [-0.39, 0.29) is 0 Å². The van der Waals surface area contributed by atoms with Gasteiger partial charge in [0.05, 0.1) is 6.61 Å². The van der Waals surface area contributed by atoms with Crippen LogP contribution >= 0.6 is 8.25 Å². The summed E-state index contributed by atoms with van der Waals surface area (Å²) >= 11 is 0. The van der Waals surface area contributed by atoms with Gasteiger partial charge in [0.1, 0.15) is 0 Å². The first-order chi connectivity index (χ1) is 14.2. The number of hydrogen-bond donors (Lipinski definition) is 2. The highest BCUT2D eigenvalue weighted by molar-refractivity contribution is 7.32. The van der Waals surface area contributed by atoms with Crippen LogP contribution in [0.1, 0.15) is 36.0 Å². The van der Waals surface area contributed by atoms with Gasteiger partial charge in [-0.25, -0.2) is 0 Å². The Morgan fingerprint density at radius 1 is 0.793 bits per heavy atom. The van der Waals surface area contributed by atoms with Gasteiger partial charge in [0.25, 0.3) is 0 Å². The van der Waals surface area contributed by atoms with Gasteiger partial charge in [-0.3, -0.25) is 4.57 Å². The molecule has 3 rings (SSSR count). The second-order valence-corrected chi connectivity index (χ2v) is 8.09. The van der Waals surface area contributed by atoms with E-state index in [1.165, 1.54) is 40.3 Å². The van der Waals surface area contributed by atoms with Gasteiger partial charge in [0, 0.05) is 6.54 Å². The SMILES string of the molecule is O=[PH](O)OCCCNCc1ccc(CCCCc2ccccc2)c2ccccc12. The monoisotopic (exact) mass is 411 g/mol. The van der Waals surface area contributed by atoms with Crippen LogP contribution in [0, 0.1) is 0 Å². The number of rotatable bonds is 12. The van der Waals surface area contributed by atoms with E-state index >= 15 is 0 Å². The van der Waals surface area contributed by atoms with E-state index in [9.17, 15) is 4.57 Å². The standard InChI is InChI=1S/C24H30NO3P/c26-29(27)28-18-8-17-25-19-22-16-15-21(23-13-6-7-14-24(22)23)12-5-4-11-20-9-2-1-3-10-20/h1-3,6-7,9-10,13-16,25,29H,4-5,8,11-12,17-19H2,(H,26,27). The van der Waals surface area contributed by atoms with Gasteiger partial charge < -0.3 is 14.7 Å². The van der Waals surface area contributed by atoms with Crippen LogP contribution in [-0.4, -0.2) is 18.0 Å². The summed E-state index contributed by atoms with van der Waals surface area (Å²) in [5.41, 5.74) is 4.11. The lowest BCUT2D eigenvalue weighted by Crippen LogP contribution is -2.16. The maximum Gasteiger partial charge on any atom is 0.316 e. The van der Waals surface area contributed by atoms with Crippen LogP contribution in [0.4, 0.5) is 0 Å². The number of benzene rings is 3. The normalized spacial score (nSPS) is 12.3. The van der Waals surface area contributed by atoms with Gasteiger partial charge in [0.15, 0.2) is 0 Å². The molecule has 0 heterocycles. The van der Waals surface area contributed by atoms with Crippen LogP contribution in [0.2, 0.25) is 0 Å². The van der Waals surface area contributed by atoms with E-state index in [2.05, 4.69) is 72.0 Å². The Labute approximate surface area is 173 Å². The van der Waals surface area contributed by atoms with Crippen LogP contribution in [-0.2, 0) is 28.5 Å².